The Morgan fingerprint density at radius 3 is 2.59 bits per heavy atom. The molecule has 0 saturated carbocycles. The van der Waals surface area contributed by atoms with Crippen LogP contribution in [-0.2, 0) is 37.7 Å². The third kappa shape index (κ3) is 5.77. The number of fused-ring (bicyclic) bond motifs is 3. The zero-order chi connectivity index (χ0) is 28.3. The molecule has 212 valence electrons. The van der Waals surface area contributed by atoms with E-state index in [1.807, 2.05) is 45.7 Å². The first-order valence-electron chi connectivity index (χ1n) is 14.0. The summed E-state index contributed by atoms with van der Waals surface area (Å²) in [5.74, 6) is 1.26. The second-order valence-electron chi connectivity index (χ2n) is 10.7. The van der Waals surface area contributed by atoms with Crippen molar-refractivity contribution in [3.63, 3.8) is 0 Å². The Labute approximate surface area is 239 Å². The Bertz CT molecular complexity index is 1630. The summed E-state index contributed by atoms with van der Waals surface area (Å²) >= 11 is 0. The number of ether oxygens (including phenoxy) is 1. The molecular weight excluding hydrogens is 516 g/mol. The molecule has 41 heavy (non-hydrogen) atoms. The topological polar surface area (TPSA) is 104 Å². The van der Waals surface area contributed by atoms with Gasteiger partial charge in [0.1, 0.15) is 0 Å². The van der Waals surface area contributed by atoms with E-state index in [1.54, 1.807) is 7.11 Å². The maximum absolute atomic E-state index is 5.16. The molecule has 11 nitrogen and oxygen atoms in total. The van der Waals surface area contributed by atoms with Gasteiger partial charge in [0.15, 0.2) is 5.82 Å². The van der Waals surface area contributed by atoms with Crippen LogP contribution in [0.1, 0.15) is 17.7 Å². The van der Waals surface area contributed by atoms with Gasteiger partial charge >= 0.3 is 0 Å². The van der Waals surface area contributed by atoms with E-state index >= 15 is 0 Å². The molecule has 1 aromatic carbocycles. The maximum atomic E-state index is 5.16. The predicted octanol–water partition coefficient (Wildman–Crippen LogP) is 4.04. The highest BCUT2D eigenvalue weighted by molar-refractivity contribution is 5.85. The van der Waals surface area contributed by atoms with Crippen molar-refractivity contribution in [2.24, 2.45) is 7.05 Å². The van der Waals surface area contributed by atoms with E-state index in [9.17, 15) is 0 Å². The molecule has 0 atom stereocenters. The third-order valence-corrected chi connectivity index (χ3v) is 7.37. The molecule has 0 bridgehead atoms. The quantitative estimate of drug-likeness (QED) is 0.245. The molecule has 5 aromatic rings. The number of methoxy groups -OCH3 is 1. The van der Waals surface area contributed by atoms with Crippen molar-refractivity contribution in [2.45, 2.75) is 32.4 Å². The van der Waals surface area contributed by atoms with E-state index in [4.69, 9.17) is 14.8 Å². The van der Waals surface area contributed by atoms with E-state index in [2.05, 4.69) is 70.0 Å². The fourth-order valence-electron chi connectivity index (χ4n) is 5.25. The number of rotatable bonds is 11. The zero-order valence-corrected chi connectivity index (χ0v) is 24.1. The fourth-order valence-corrected chi connectivity index (χ4v) is 5.25. The summed E-state index contributed by atoms with van der Waals surface area (Å²) in [6.07, 6.45) is 10.6. The molecule has 6 rings (SSSR count). The van der Waals surface area contributed by atoms with E-state index in [0.29, 0.717) is 5.95 Å². The van der Waals surface area contributed by atoms with Gasteiger partial charge in [0.2, 0.25) is 5.95 Å². The number of aromatic nitrogens is 8. The van der Waals surface area contributed by atoms with Crippen molar-refractivity contribution in [3.8, 4) is 33.6 Å². The molecule has 0 unspecified atom stereocenters. The summed E-state index contributed by atoms with van der Waals surface area (Å²) in [5.41, 5.74) is 8.58. The Morgan fingerprint density at radius 2 is 1.78 bits per heavy atom. The number of nitrogens with zero attached hydrogens (tertiary/aromatic N) is 9. The van der Waals surface area contributed by atoms with Gasteiger partial charge in [0.25, 0.3) is 0 Å². The largest absolute Gasteiger partial charge is 0.385 e. The number of nitrogens with one attached hydrogen (secondary N) is 1. The molecule has 0 aliphatic heterocycles. The van der Waals surface area contributed by atoms with Gasteiger partial charge in [-0.05, 0) is 44.5 Å². The van der Waals surface area contributed by atoms with Gasteiger partial charge in [-0.1, -0.05) is 24.3 Å². The smallest absolute Gasteiger partial charge is 0.228 e. The van der Waals surface area contributed by atoms with Crippen molar-refractivity contribution in [1.29, 1.82) is 0 Å². The molecule has 4 heterocycles. The van der Waals surface area contributed by atoms with Gasteiger partial charge in [0, 0.05) is 75.2 Å². The van der Waals surface area contributed by atoms with Crippen LogP contribution in [0.25, 0.3) is 33.6 Å². The summed E-state index contributed by atoms with van der Waals surface area (Å²) < 4.78 is 11.0. The first-order chi connectivity index (χ1) is 20.0. The molecule has 4 aromatic heterocycles. The van der Waals surface area contributed by atoms with Crippen molar-refractivity contribution in [2.75, 3.05) is 39.7 Å². The van der Waals surface area contributed by atoms with Crippen molar-refractivity contribution >= 4 is 11.8 Å². The molecule has 1 N–H and O–H groups in total. The SMILES string of the molecule is COCCCn1cc(-c2ccc(-c3c4c(nn3C)CCc3cnc(Nc5ccn(CCN(C)C)n5)nc3-4)cc2)cn1. The zero-order valence-electron chi connectivity index (χ0n) is 24.1. The number of anilines is 2. The minimum Gasteiger partial charge on any atom is -0.385 e. The summed E-state index contributed by atoms with van der Waals surface area (Å²) in [5, 5.41) is 17.3. The molecule has 0 amide bonds. The Hall–Kier alpha value is -4.35. The van der Waals surface area contributed by atoms with Crippen molar-refractivity contribution in [1.82, 2.24) is 44.2 Å². The maximum Gasteiger partial charge on any atom is 0.228 e. The Balaban J connectivity index is 1.26. The highest BCUT2D eigenvalue weighted by atomic mass is 16.5. The summed E-state index contributed by atoms with van der Waals surface area (Å²) in [6, 6.07) is 10.6. The van der Waals surface area contributed by atoms with Gasteiger partial charge in [-0.3, -0.25) is 14.0 Å². The van der Waals surface area contributed by atoms with Crippen molar-refractivity contribution < 1.29 is 4.74 Å². The predicted molar refractivity (Wildman–Crippen MR) is 159 cm³/mol. The normalized spacial score (nSPS) is 12.5. The van der Waals surface area contributed by atoms with Gasteiger partial charge in [-0.15, -0.1) is 0 Å². The van der Waals surface area contributed by atoms with E-state index in [0.717, 1.165) is 96.2 Å². The third-order valence-electron chi connectivity index (χ3n) is 7.37. The van der Waals surface area contributed by atoms with Crippen LogP contribution < -0.4 is 5.32 Å². The van der Waals surface area contributed by atoms with Crippen LogP contribution in [0.3, 0.4) is 0 Å². The van der Waals surface area contributed by atoms with Crippen LogP contribution >= 0.6 is 0 Å². The van der Waals surface area contributed by atoms with Crippen LogP contribution in [-0.4, -0.2) is 78.6 Å². The molecular formula is C30H36N10O. The number of aryl methyl sites for hydroxylation is 4. The van der Waals surface area contributed by atoms with Gasteiger partial charge in [0.05, 0.1) is 29.8 Å². The van der Waals surface area contributed by atoms with E-state index in [-0.39, 0.29) is 0 Å². The molecule has 0 spiro atoms. The summed E-state index contributed by atoms with van der Waals surface area (Å²) in [6.45, 7) is 3.30. The molecule has 0 fully saturated rings. The van der Waals surface area contributed by atoms with Gasteiger partial charge in [-0.2, -0.15) is 15.3 Å². The second kappa shape index (κ2) is 11.6. The second-order valence-corrected chi connectivity index (χ2v) is 10.7. The fraction of sp³-hybridized carbons (Fsp3) is 0.367. The Kier molecular flexibility index (Phi) is 7.62. The lowest BCUT2D eigenvalue weighted by Gasteiger charge is -2.17. The first-order valence-corrected chi connectivity index (χ1v) is 14.0. The van der Waals surface area contributed by atoms with Crippen LogP contribution in [0, 0.1) is 0 Å². The van der Waals surface area contributed by atoms with E-state index < -0.39 is 0 Å². The lowest BCUT2D eigenvalue weighted by atomic mass is 9.91. The monoisotopic (exact) mass is 552 g/mol. The van der Waals surface area contributed by atoms with Crippen molar-refractivity contribution in [3.05, 3.63) is 66.4 Å². The standard InChI is InChI=1S/C30H36N10O/c1-37(2)15-16-39-14-12-26(36-39)33-30-31-18-23-10-11-25-27(28(23)34-30)29(38(3)35-25)22-8-6-21(7-9-22)24-19-32-40(20-24)13-5-17-41-4/h6-9,12,14,18-20H,5,10-11,13,15-17H2,1-4H3,(H,31,33,34,36). The highest BCUT2D eigenvalue weighted by Gasteiger charge is 2.27. The summed E-state index contributed by atoms with van der Waals surface area (Å²) in [7, 11) is 7.84. The summed E-state index contributed by atoms with van der Waals surface area (Å²) in [4.78, 5) is 11.7. The Morgan fingerprint density at radius 1 is 0.951 bits per heavy atom. The highest BCUT2D eigenvalue weighted by Crippen LogP contribution is 2.40. The number of benzene rings is 1. The molecule has 1 aliphatic carbocycles. The van der Waals surface area contributed by atoms with Crippen LogP contribution in [0.4, 0.5) is 11.8 Å². The molecule has 1 aliphatic rings. The van der Waals surface area contributed by atoms with Crippen LogP contribution in [0.15, 0.2) is 55.1 Å². The molecule has 11 heteroatoms. The minimum absolute atomic E-state index is 0.530. The van der Waals surface area contributed by atoms with Crippen LogP contribution in [0.2, 0.25) is 0 Å². The van der Waals surface area contributed by atoms with E-state index in [1.165, 1.54) is 0 Å². The number of hydrogen-bond acceptors (Lipinski definition) is 8. The van der Waals surface area contributed by atoms with Crippen LogP contribution in [0.5, 0.6) is 0 Å². The molecule has 0 saturated heterocycles. The molecule has 0 radical (unpaired) electrons. The first kappa shape index (κ1) is 26.9. The minimum atomic E-state index is 0.530. The lowest BCUT2D eigenvalue weighted by molar-refractivity contribution is 0.189. The lowest BCUT2D eigenvalue weighted by Crippen LogP contribution is -2.18. The number of likely N-dealkylation sites (N-methyl/N-ethyl adjacent to an activating group) is 1. The number of hydrogen-bond donors (Lipinski definition) is 1. The average molecular weight is 553 g/mol. The average Bonchev–Trinajstić information content (AvgIpc) is 3.71. The van der Waals surface area contributed by atoms with Gasteiger partial charge < -0.3 is 15.0 Å². The van der Waals surface area contributed by atoms with Gasteiger partial charge in [-0.25, -0.2) is 9.97 Å².